The van der Waals surface area contributed by atoms with Crippen molar-refractivity contribution in [1.29, 1.82) is 0 Å². The number of rotatable bonds is 5. The normalized spacial score (nSPS) is 25.8. The molecule has 0 radical (unpaired) electrons. The molecular formula is C26H31N3O5. The molecule has 2 bridgehead atoms. The molecule has 4 atom stereocenters. The predicted octanol–water partition coefficient (Wildman–Crippen LogP) is 1.89. The molecule has 1 aromatic carbocycles. The van der Waals surface area contributed by atoms with E-state index >= 15 is 0 Å². The Morgan fingerprint density at radius 3 is 2.71 bits per heavy atom. The Kier molecular flexibility index (Phi) is 5.36. The summed E-state index contributed by atoms with van der Waals surface area (Å²) in [6, 6.07) is 2.59. The molecule has 3 N–H and O–H groups in total. The lowest BCUT2D eigenvalue weighted by atomic mass is 9.90. The van der Waals surface area contributed by atoms with E-state index in [0.29, 0.717) is 17.4 Å². The first-order valence-corrected chi connectivity index (χ1v) is 12.6. The molecule has 8 heteroatoms. The van der Waals surface area contributed by atoms with Crippen LogP contribution in [0.2, 0.25) is 0 Å². The van der Waals surface area contributed by atoms with E-state index in [1.165, 1.54) is 17.7 Å². The van der Waals surface area contributed by atoms with Gasteiger partial charge in [0.25, 0.3) is 5.91 Å². The molecule has 3 heterocycles. The second-order valence-corrected chi connectivity index (χ2v) is 10.4. The van der Waals surface area contributed by atoms with Crippen LogP contribution in [-0.4, -0.2) is 48.7 Å². The van der Waals surface area contributed by atoms with Gasteiger partial charge in [0.15, 0.2) is 0 Å². The van der Waals surface area contributed by atoms with Gasteiger partial charge in [-0.15, -0.1) is 0 Å². The first kappa shape index (κ1) is 21.6. The highest BCUT2D eigenvalue weighted by atomic mass is 16.4. The third-order valence-corrected chi connectivity index (χ3v) is 8.33. The fraction of sp³-hybridized carbons (Fsp3) is 0.577. The molecule has 2 saturated carbocycles. The summed E-state index contributed by atoms with van der Waals surface area (Å²) in [5, 5.41) is 16.1. The summed E-state index contributed by atoms with van der Waals surface area (Å²) in [5.74, 6) is 0.0464. The summed E-state index contributed by atoms with van der Waals surface area (Å²) in [6.45, 7) is 1.50. The number of nitrogens with zero attached hydrogens (tertiary/aromatic N) is 1. The van der Waals surface area contributed by atoms with Crippen LogP contribution in [-0.2, 0) is 17.6 Å². The van der Waals surface area contributed by atoms with E-state index in [2.05, 4.69) is 15.5 Å². The van der Waals surface area contributed by atoms with Crippen LogP contribution in [0.3, 0.4) is 0 Å². The monoisotopic (exact) mass is 465 g/mol. The first-order chi connectivity index (χ1) is 16.5. The van der Waals surface area contributed by atoms with Gasteiger partial charge >= 0.3 is 5.63 Å². The van der Waals surface area contributed by atoms with Gasteiger partial charge in [0.1, 0.15) is 17.2 Å². The lowest BCUT2D eigenvalue weighted by Crippen LogP contribution is -2.52. The molecule has 34 heavy (non-hydrogen) atoms. The van der Waals surface area contributed by atoms with Crippen LogP contribution in [0.1, 0.15) is 60.0 Å². The highest BCUT2D eigenvalue weighted by Crippen LogP contribution is 2.44. The van der Waals surface area contributed by atoms with E-state index in [1.807, 2.05) is 6.07 Å². The smallest absolute Gasteiger partial charge is 0.349 e. The van der Waals surface area contributed by atoms with Crippen molar-refractivity contribution in [1.82, 2.24) is 10.6 Å². The molecular weight excluding hydrogens is 434 g/mol. The average molecular weight is 466 g/mol. The van der Waals surface area contributed by atoms with E-state index in [-0.39, 0.29) is 11.6 Å². The Bertz CT molecular complexity index is 1220. The number of carbonyl (C=O) groups is 2. The minimum absolute atomic E-state index is 0.102. The number of fused-ring (bicyclic) bond motifs is 4. The maximum Gasteiger partial charge on any atom is 0.349 e. The molecule has 2 amide bonds. The second-order valence-electron chi connectivity index (χ2n) is 10.4. The highest BCUT2D eigenvalue weighted by molar-refractivity contribution is 6.00. The topological polar surface area (TPSA) is 112 Å². The lowest BCUT2D eigenvalue weighted by molar-refractivity contribution is -0.124. The number of hydrogen-bond donors (Lipinski definition) is 3. The average Bonchev–Trinajstić information content (AvgIpc) is 3.46. The summed E-state index contributed by atoms with van der Waals surface area (Å²) < 4.78 is 5.69. The van der Waals surface area contributed by atoms with Gasteiger partial charge in [0, 0.05) is 35.8 Å². The van der Waals surface area contributed by atoms with Crippen LogP contribution in [0.5, 0.6) is 0 Å². The van der Waals surface area contributed by atoms with Crippen LogP contribution in [0.25, 0.3) is 11.0 Å². The van der Waals surface area contributed by atoms with Crippen LogP contribution in [0.15, 0.2) is 21.3 Å². The SMILES string of the molecule is O=C(N[C@@H](CO)C(=O)NC1CC2CCC1C2)c1cc2cc3c4c(c2oc1=O)CCCN4CCC3. The predicted molar refractivity (Wildman–Crippen MR) is 127 cm³/mol. The maximum absolute atomic E-state index is 13.0. The Hall–Kier alpha value is -2.87. The van der Waals surface area contributed by atoms with E-state index in [0.717, 1.165) is 69.0 Å². The van der Waals surface area contributed by atoms with Gasteiger partial charge in [0.2, 0.25) is 5.91 Å². The third-order valence-electron chi connectivity index (χ3n) is 8.33. The molecule has 6 rings (SSSR count). The van der Waals surface area contributed by atoms with Gasteiger partial charge in [-0.25, -0.2) is 4.79 Å². The zero-order chi connectivity index (χ0) is 23.4. The number of aliphatic hydroxyl groups is 1. The number of carbonyl (C=O) groups excluding carboxylic acids is 2. The first-order valence-electron chi connectivity index (χ1n) is 12.6. The van der Waals surface area contributed by atoms with Gasteiger partial charge in [0.05, 0.1) is 6.61 Å². The van der Waals surface area contributed by atoms with Crippen molar-refractivity contribution >= 4 is 28.5 Å². The van der Waals surface area contributed by atoms with Crippen molar-refractivity contribution in [2.45, 2.75) is 63.5 Å². The van der Waals surface area contributed by atoms with E-state index in [9.17, 15) is 19.5 Å². The van der Waals surface area contributed by atoms with Crippen molar-refractivity contribution in [2.75, 3.05) is 24.6 Å². The summed E-state index contributed by atoms with van der Waals surface area (Å²) in [5.41, 5.74) is 3.17. The zero-order valence-electron chi connectivity index (χ0n) is 19.3. The molecule has 0 spiro atoms. The minimum Gasteiger partial charge on any atom is -0.422 e. The summed E-state index contributed by atoms with van der Waals surface area (Å²) >= 11 is 0. The molecule has 1 aromatic heterocycles. The number of aryl methyl sites for hydroxylation is 2. The Morgan fingerprint density at radius 1 is 1.15 bits per heavy atom. The number of aliphatic hydroxyl groups excluding tert-OH is 1. The van der Waals surface area contributed by atoms with Crippen LogP contribution >= 0.6 is 0 Å². The number of anilines is 1. The molecule has 4 aliphatic rings. The molecule has 2 aromatic rings. The van der Waals surface area contributed by atoms with Gasteiger partial charge in [-0.1, -0.05) is 6.42 Å². The van der Waals surface area contributed by atoms with Crippen LogP contribution in [0, 0.1) is 11.8 Å². The third kappa shape index (κ3) is 3.59. The number of nitrogens with one attached hydrogen (secondary N) is 2. The molecule has 2 aliphatic heterocycles. The quantitative estimate of drug-likeness (QED) is 0.582. The van der Waals surface area contributed by atoms with Gasteiger partial charge in [-0.05, 0) is 74.5 Å². The zero-order valence-corrected chi connectivity index (χ0v) is 19.3. The van der Waals surface area contributed by atoms with Gasteiger partial charge in [-0.3, -0.25) is 9.59 Å². The molecule has 8 nitrogen and oxygen atoms in total. The Labute approximate surface area is 197 Å². The number of hydrogen-bond acceptors (Lipinski definition) is 6. The maximum atomic E-state index is 13.0. The molecule has 3 unspecified atom stereocenters. The van der Waals surface area contributed by atoms with Crippen molar-refractivity contribution in [3.05, 3.63) is 39.2 Å². The molecule has 2 fully saturated rings. The van der Waals surface area contributed by atoms with Crippen molar-refractivity contribution in [3.8, 4) is 0 Å². The van der Waals surface area contributed by atoms with E-state index in [4.69, 9.17) is 4.42 Å². The Morgan fingerprint density at radius 2 is 1.97 bits per heavy atom. The van der Waals surface area contributed by atoms with Crippen LogP contribution in [0.4, 0.5) is 5.69 Å². The van der Waals surface area contributed by atoms with Crippen molar-refractivity contribution in [3.63, 3.8) is 0 Å². The van der Waals surface area contributed by atoms with Gasteiger partial charge < -0.3 is 25.1 Å². The molecule has 2 aliphatic carbocycles. The second kappa shape index (κ2) is 8.41. The van der Waals surface area contributed by atoms with Crippen molar-refractivity contribution in [2.24, 2.45) is 11.8 Å². The largest absolute Gasteiger partial charge is 0.422 e. The van der Waals surface area contributed by atoms with E-state index in [1.54, 1.807) is 6.07 Å². The summed E-state index contributed by atoms with van der Waals surface area (Å²) in [4.78, 5) is 40.9. The number of amides is 2. The molecule has 0 saturated heterocycles. The molecule has 180 valence electrons. The summed E-state index contributed by atoms with van der Waals surface area (Å²) in [6.07, 6.45) is 8.34. The summed E-state index contributed by atoms with van der Waals surface area (Å²) in [7, 11) is 0. The van der Waals surface area contributed by atoms with E-state index < -0.39 is 30.1 Å². The Balaban J connectivity index is 1.25. The van der Waals surface area contributed by atoms with Gasteiger partial charge in [-0.2, -0.15) is 0 Å². The fourth-order valence-electron chi connectivity index (χ4n) is 6.74. The highest BCUT2D eigenvalue weighted by Gasteiger charge is 2.41. The standard InChI is InChI=1S/C26H31N3O5/c30-13-21(25(32)27-20-10-14-5-6-15(20)9-14)28-24(31)19-12-17-11-16-3-1-7-29-8-2-4-18(22(16)29)23(17)34-26(19)33/h11-12,14-15,20-21,30H,1-10,13H2,(H,27,32)(H,28,31)/t14?,15?,20?,21-/m0/s1. The fourth-order valence-corrected chi connectivity index (χ4v) is 6.74. The number of benzene rings is 1. The van der Waals surface area contributed by atoms with Crippen molar-refractivity contribution < 1.29 is 19.1 Å². The lowest BCUT2D eigenvalue weighted by Gasteiger charge is -2.37. The van der Waals surface area contributed by atoms with Crippen LogP contribution < -0.4 is 21.2 Å². The minimum atomic E-state index is -1.11.